The Kier molecular flexibility index (Phi) is 6.24. The molecule has 1 aliphatic heterocycles. The first-order chi connectivity index (χ1) is 14.5. The van der Waals surface area contributed by atoms with Crippen LogP contribution in [0.5, 0.6) is 0 Å². The summed E-state index contributed by atoms with van der Waals surface area (Å²) < 4.78 is 3.11. The summed E-state index contributed by atoms with van der Waals surface area (Å²) >= 11 is 12.4. The summed E-state index contributed by atoms with van der Waals surface area (Å²) in [6, 6.07) is 14.6. The van der Waals surface area contributed by atoms with Crippen molar-refractivity contribution in [3.8, 4) is 5.69 Å². The Morgan fingerprint density at radius 3 is 2.50 bits per heavy atom. The number of hydrogen-bond acceptors (Lipinski definition) is 4. The van der Waals surface area contributed by atoms with Gasteiger partial charge in [0.25, 0.3) is 11.5 Å². The summed E-state index contributed by atoms with van der Waals surface area (Å²) in [6.07, 6.45) is 1.57. The van der Waals surface area contributed by atoms with Crippen LogP contribution in [0.25, 0.3) is 5.69 Å². The number of nitrogens with zero attached hydrogens (tertiary/aromatic N) is 3. The van der Waals surface area contributed by atoms with Crippen molar-refractivity contribution in [3.63, 3.8) is 0 Å². The predicted molar refractivity (Wildman–Crippen MR) is 118 cm³/mol. The number of rotatable bonds is 5. The number of benzene rings is 2. The summed E-state index contributed by atoms with van der Waals surface area (Å²) in [5, 5.41) is 5.83. The Morgan fingerprint density at radius 1 is 1.07 bits per heavy atom. The van der Waals surface area contributed by atoms with E-state index in [1.165, 1.54) is 4.68 Å². The van der Waals surface area contributed by atoms with Gasteiger partial charge >= 0.3 is 0 Å². The average molecular weight is 446 g/mol. The lowest BCUT2D eigenvalue weighted by Gasteiger charge is -2.27. The number of nitrogens with one attached hydrogen (secondary N) is 2. The molecule has 9 heteroatoms. The molecule has 3 aromatic rings. The van der Waals surface area contributed by atoms with Gasteiger partial charge < -0.3 is 5.32 Å². The Labute approximate surface area is 183 Å². The summed E-state index contributed by atoms with van der Waals surface area (Å²) in [7, 11) is 0. The number of carbonyl (C=O) groups excluding carboxylic acids is 1. The van der Waals surface area contributed by atoms with Crippen LogP contribution >= 0.6 is 23.2 Å². The lowest BCUT2D eigenvalue weighted by molar-refractivity contribution is 0.0763. The first-order valence-electron chi connectivity index (χ1n) is 9.61. The minimum Gasteiger partial charge on any atom is -0.314 e. The van der Waals surface area contributed by atoms with E-state index in [-0.39, 0.29) is 5.56 Å². The lowest BCUT2D eigenvalue weighted by atomic mass is 10.2. The topological polar surface area (TPSA) is 71.3 Å². The quantitative estimate of drug-likeness (QED) is 0.632. The van der Waals surface area contributed by atoms with Crippen LogP contribution < -0.4 is 16.3 Å². The highest BCUT2D eigenvalue weighted by Crippen LogP contribution is 2.24. The van der Waals surface area contributed by atoms with Gasteiger partial charge in [0, 0.05) is 37.4 Å². The second-order valence-corrected chi connectivity index (χ2v) is 7.86. The minimum atomic E-state index is -0.442. The highest BCUT2D eigenvalue weighted by Gasteiger charge is 2.22. The molecule has 2 N–H and O–H groups in total. The largest absolute Gasteiger partial charge is 0.314 e. The summed E-state index contributed by atoms with van der Waals surface area (Å²) in [4.78, 5) is 26.1. The van der Waals surface area contributed by atoms with Crippen LogP contribution in [0.1, 0.15) is 15.9 Å². The molecule has 156 valence electrons. The second kappa shape index (κ2) is 9.06. The normalized spacial score (nSPS) is 14.6. The van der Waals surface area contributed by atoms with Crippen LogP contribution in [0.2, 0.25) is 10.0 Å². The minimum absolute atomic E-state index is 0.0514. The van der Waals surface area contributed by atoms with E-state index in [4.69, 9.17) is 23.2 Å². The standard InChI is InChI=1S/C21H21Cl2N5O2/c22-16-6-7-19(18(23)12-16)28-21(30)17(20(29)25-26-10-8-24-9-11-26)14-27(28)13-15-4-2-1-3-5-15/h1-7,12,14,24H,8-11,13H2,(H,25,29). The van der Waals surface area contributed by atoms with Crippen LogP contribution in [-0.4, -0.2) is 46.5 Å². The molecule has 4 rings (SSSR count). The van der Waals surface area contributed by atoms with Gasteiger partial charge in [-0.3, -0.25) is 19.7 Å². The molecule has 7 nitrogen and oxygen atoms in total. The van der Waals surface area contributed by atoms with Crippen LogP contribution in [0, 0.1) is 0 Å². The highest BCUT2D eigenvalue weighted by atomic mass is 35.5. The monoisotopic (exact) mass is 445 g/mol. The first kappa shape index (κ1) is 20.7. The number of aromatic nitrogens is 2. The number of halogens is 2. The van der Waals surface area contributed by atoms with Crippen LogP contribution in [-0.2, 0) is 6.54 Å². The number of hydrogen-bond donors (Lipinski definition) is 2. The van der Waals surface area contributed by atoms with Crippen molar-refractivity contribution in [1.82, 2.24) is 25.1 Å². The number of carbonyl (C=O) groups is 1. The lowest BCUT2D eigenvalue weighted by Crippen LogP contribution is -2.52. The van der Waals surface area contributed by atoms with Crippen molar-refractivity contribution in [2.75, 3.05) is 26.2 Å². The van der Waals surface area contributed by atoms with Crippen molar-refractivity contribution in [2.24, 2.45) is 0 Å². The smallest absolute Gasteiger partial charge is 0.284 e. The zero-order chi connectivity index (χ0) is 21.1. The maximum atomic E-state index is 13.3. The first-order valence-corrected chi connectivity index (χ1v) is 10.4. The van der Waals surface area contributed by atoms with Crippen molar-refractivity contribution in [1.29, 1.82) is 0 Å². The molecular weight excluding hydrogens is 425 g/mol. The van der Waals surface area contributed by atoms with E-state index >= 15 is 0 Å². The molecule has 2 heterocycles. The summed E-state index contributed by atoms with van der Waals surface area (Å²) in [6.45, 7) is 3.30. The Morgan fingerprint density at radius 2 is 1.80 bits per heavy atom. The molecule has 0 radical (unpaired) electrons. The Bertz CT molecular complexity index is 1100. The third kappa shape index (κ3) is 4.44. The highest BCUT2D eigenvalue weighted by molar-refractivity contribution is 6.35. The van der Waals surface area contributed by atoms with Gasteiger partial charge in [-0.1, -0.05) is 53.5 Å². The molecule has 30 heavy (non-hydrogen) atoms. The van der Waals surface area contributed by atoms with E-state index in [1.807, 2.05) is 35.3 Å². The van der Waals surface area contributed by atoms with E-state index < -0.39 is 11.5 Å². The molecule has 0 aliphatic carbocycles. The zero-order valence-electron chi connectivity index (χ0n) is 16.1. The maximum Gasteiger partial charge on any atom is 0.284 e. The average Bonchev–Trinajstić information content (AvgIpc) is 3.05. The number of hydrazine groups is 1. The van der Waals surface area contributed by atoms with Crippen molar-refractivity contribution in [2.45, 2.75) is 6.54 Å². The van der Waals surface area contributed by atoms with Gasteiger partial charge in [0.1, 0.15) is 5.56 Å². The summed E-state index contributed by atoms with van der Waals surface area (Å²) in [5.74, 6) is -0.437. The fourth-order valence-corrected chi connectivity index (χ4v) is 3.91. The van der Waals surface area contributed by atoms with Gasteiger partial charge in [0.2, 0.25) is 0 Å². The molecular formula is C21H21Cl2N5O2. The molecule has 1 saturated heterocycles. The SMILES string of the molecule is O=C(NN1CCNCC1)c1cn(Cc2ccccc2)n(-c2ccc(Cl)cc2Cl)c1=O. The van der Waals surface area contributed by atoms with E-state index in [0.717, 1.165) is 18.7 Å². The molecule has 0 spiro atoms. The van der Waals surface area contributed by atoms with Crippen LogP contribution in [0.3, 0.4) is 0 Å². The van der Waals surface area contributed by atoms with Gasteiger partial charge in [0.05, 0.1) is 17.3 Å². The molecule has 1 fully saturated rings. The third-order valence-corrected chi connectivity index (χ3v) is 5.44. The predicted octanol–water partition coefficient (Wildman–Crippen LogP) is 2.54. The fraction of sp³-hybridized carbons (Fsp3) is 0.238. The summed E-state index contributed by atoms with van der Waals surface area (Å²) in [5.41, 5.74) is 3.89. The van der Waals surface area contributed by atoms with Crippen molar-refractivity contribution < 1.29 is 4.79 Å². The Balaban J connectivity index is 1.74. The molecule has 0 atom stereocenters. The molecule has 1 aromatic heterocycles. The van der Waals surface area contributed by atoms with Crippen molar-refractivity contribution >= 4 is 29.1 Å². The van der Waals surface area contributed by atoms with Gasteiger partial charge in [-0.05, 0) is 23.8 Å². The fourth-order valence-electron chi connectivity index (χ4n) is 3.42. The molecule has 1 amide bonds. The third-order valence-electron chi connectivity index (χ3n) is 4.90. The van der Waals surface area contributed by atoms with Gasteiger partial charge in [-0.2, -0.15) is 0 Å². The van der Waals surface area contributed by atoms with E-state index in [1.54, 1.807) is 29.1 Å². The zero-order valence-corrected chi connectivity index (χ0v) is 17.7. The molecule has 1 aliphatic rings. The second-order valence-electron chi connectivity index (χ2n) is 7.02. The van der Waals surface area contributed by atoms with Crippen LogP contribution in [0.15, 0.2) is 59.5 Å². The van der Waals surface area contributed by atoms with E-state index in [2.05, 4.69) is 10.7 Å². The molecule has 0 bridgehead atoms. The molecule has 0 saturated carbocycles. The number of amides is 1. The van der Waals surface area contributed by atoms with Gasteiger partial charge in [0.15, 0.2) is 0 Å². The van der Waals surface area contributed by atoms with E-state index in [0.29, 0.717) is 35.4 Å². The van der Waals surface area contributed by atoms with Crippen LogP contribution in [0.4, 0.5) is 0 Å². The maximum absolute atomic E-state index is 13.3. The molecule has 0 unspecified atom stereocenters. The Hall–Kier alpha value is -2.58. The molecule has 2 aromatic carbocycles. The number of piperazine rings is 1. The van der Waals surface area contributed by atoms with E-state index in [9.17, 15) is 9.59 Å². The van der Waals surface area contributed by atoms with Gasteiger partial charge in [-0.15, -0.1) is 0 Å². The van der Waals surface area contributed by atoms with Crippen molar-refractivity contribution in [3.05, 3.63) is 86.3 Å². The van der Waals surface area contributed by atoms with Gasteiger partial charge in [-0.25, -0.2) is 9.69 Å².